The lowest BCUT2D eigenvalue weighted by Gasteiger charge is -2.40. The molecule has 12 nitrogen and oxygen atoms in total. The minimum atomic E-state index is -1.95. The molecule has 0 spiro atoms. The highest BCUT2D eigenvalue weighted by molar-refractivity contribution is 5.74. The van der Waals surface area contributed by atoms with Crippen LogP contribution in [0.2, 0.25) is 0 Å². The first-order chi connectivity index (χ1) is 40.6. The van der Waals surface area contributed by atoms with E-state index in [0.717, 1.165) is 109 Å². The molecule has 0 aliphatic carbocycles. The fourth-order valence-corrected chi connectivity index (χ4v) is 7.67. The number of hydrogen-bond acceptors (Lipinski definition) is 11. The van der Waals surface area contributed by atoms with Crippen LogP contribution in [0, 0.1) is 0 Å². The molecule has 6 atom stereocenters. The van der Waals surface area contributed by atoms with Crippen LogP contribution in [0.3, 0.4) is 0 Å². The Morgan fingerprint density at radius 1 is 0.410 bits per heavy atom. The number of ether oxygens (including phenoxy) is 5. The smallest absolute Gasteiger partial charge is 0.335 e. The number of carbonyl (C=O) groups is 4. The number of carbonyl (C=O) groups excluding carboxylic acids is 3. The van der Waals surface area contributed by atoms with Gasteiger partial charge >= 0.3 is 23.9 Å². The van der Waals surface area contributed by atoms with Gasteiger partial charge in [-0.05, 0) is 128 Å². The first-order valence-electron chi connectivity index (χ1n) is 30.4. The zero-order valence-corrected chi connectivity index (χ0v) is 50.3. The third kappa shape index (κ3) is 45.7. The molecule has 6 unspecified atom stereocenters. The van der Waals surface area contributed by atoms with Gasteiger partial charge < -0.3 is 39.0 Å². The van der Waals surface area contributed by atoms with Crippen LogP contribution in [0.1, 0.15) is 175 Å². The molecule has 1 rings (SSSR count). The monoisotopic (exact) mass is 1150 g/mol. The topological polar surface area (TPSA) is 175 Å². The van der Waals surface area contributed by atoms with E-state index in [2.05, 4.69) is 179 Å². The lowest BCUT2D eigenvalue weighted by Crippen LogP contribution is -2.61. The molecular formula is C71H102O12. The van der Waals surface area contributed by atoms with Gasteiger partial charge in [-0.25, -0.2) is 4.79 Å². The van der Waals surface area contributed by atoms with Crippen molar-refractivity contribution in [3.63, 3.8) is 0 Å². The van der Waals surface area contributed by atoms with Crippen molar-refractivity contribution in [1.82, 2.24) is 0 Å². The van der Waals surface area contributed by atoms with Gasteiger partial charge in [0.1, 0.15) is 18.8 Å². The van der Waals surface area contributed by atoms with E-state index in [1.807, 2.05) is 30.4 Å². The molecule has 0 aromatic rings. The first kappa shape index (κ1) is 74.6. The maximum atomic E-state index is 13.1. The fraction of sp³-hybridized carbons (Fsp3) is 0.493. The highest BCUT2D eigenvalue weighted by Crippen LogP contribution is 2.26. The molecule has 1 fully saturated rings. The summed E-state index contributed by atoms with van der Waals surface area (Å²) >= 11 is 0. The lowest BCUT2D eigenvalue weighted by atomic mass is 9.98. The fourth-order valence-electron chi connectivity index (χ4n) is 7.67. The number of aliphatic hydroxyl groups is 2. The van der Waals surface area contributed by atoms with Crippen LogP contribution in [0.4, 0.5) is 0 Å². The van der Waals surface area contributed by atoms with Gasteiger partial charge in [-0.2, -0.15) is 0 Å². The Morgan fingerprint density at radius 3 is 1.18 bits per heavy atom. The van der Waals surface area contributed by atoms with Crippen LogP contribution >= 0.6 is 0 Å². The number of carboxylic acid groups (broad SMARTS) is 1. The molecule has 1 heterocycles. The van der Waals surface area contributed by atoms with Crippen molar-refractivity contribution in [3.05, 3.63) is 194 Å². The second-order valence-electron chi connectivity index (χ2n) is 19.5. The second-order valence-corrected chi connectivity index (χ2v) is 19.5. The summed E-state index contributed by atoms with van der Waals surface area (Å²) in [6.45, 7) is 5.46. The summed E-state index contributed by atoms with van der Waals surface area (Å²) in [5.41, 5.74) is 0. The lowest BCUT2D eigenvalue weighted by molar-refractivity contribution is -0.301. The van der Waals surface area contributed by atoms with Gasteiger partial charge in [-0.15, -0.1) is 0 Å². The summed E-state index contributed by atoms with van der Waals surface area (Å²) in [4.78, 5) is 51.1. The average molecular weight is 1150 g/mol. The van der Waals surface area contributed by atoms with Gasteiger partial charge in [0.2, 0.25) is 0 Å². The van der Waals surface area contributed by atoms with E-state index in [1.54, 1.807) is 6.08 Å². The Kier molecular flexibility index (Phi) is 50.4. The summed E-state index contributed by atoms with van der Waals surface area (Å²) < 4.78 is 28.2. The van der Waals surface area contributed by atoms with Gasteiger partial charge in [0.15, 0.2) is 24.6 Å². The molecule has 0 aromatic carbocycles. The highest BCUT2D eigenvalue weighted by Gasteiger charge is 2.50. The van der Waals surface area contributed by atoms with Crippen molar-refractivity contribution in [2.24, 2.45) is 0 Å². The Balaban J connectivity index is 2.81. The van der Waals surface area contributed by atoms with E-state index in [1.165, 1.54) is 0 Å². The Morgan fingerprint density at radius 2 is 0.783 bits per heavy atom. The van der Waals surface area contributed by atoms with Gasteiger partial charge in [-0.1, -0.05) is 222 Å². The Labute approximate surface area is 499 Å². The molecule has 1 saturated heterocycles. The first-order valence-corrected chi connectivity index (χ1v) is 30.4. The van der Waals surface area contributed by atoms with Crippen molar-refractivity contribution >= 4 is 23.9 Å². The SMILES string of the molecule is CC/C=C\C/C=C\C/C=C\C/C=C\C/C=C\C/C=C\CCC(=O)OCC(COC1OC(C(=O)O)C(O)C(O)C1OC(=O)CCCCC/C=C\C/C=C\C/C=C\C/C=C\C/C=C\CC)OC(=O)C/C=C\C/C=C\C/C=C\C/C=C\C/C=C\CC. The predicted octanol–water partition coefficient (Wildman–Crippen LogP) is 16.2. The molecule has 0 aromatic heterocycles. The van der Waals surface area contributed by atoms with Crippen molar-refractivity contribution < 1.29 is 58.2 Å². The molecule has 0 radical (unpaired) electrons. The molecule has 3 N–H and O–H groups in total. The van der Waals surface area contributed by atoms with Crippen LogP contribution in [-0.4, -0.2) is 89.2 Å². The third-order valence-electron chi connectivity index (χ3n) is 12.2. The zero-order chi connectivity index (χ0) is 60.3. The number of esters is 3. The van der Waals surface area contributed by atoms with Crippen molar-refractivity contribution in [2.75, 3.05) is 13.2 Å². The summed E-state index contributed by atoms with van der Waals surface area (Å²) in [7, 11) is 0. The molecule has 1 aliphatic heterocycles. The Bertz CT molecular complexity index is 2190. The summed E-state index contributed by atoms with van der Waals surface area (Å²) in [6, 6.07) is 0. The minimum Gasteiger partial charge on any atom is -0.479 e. The van der Waals surface area contributed by atoms with Gasteiger partial charge in [0.25, 0.3) is 0 Å². The molecule has 0 amide bonds. The van der Waals surface area contributed by atoms with Crippen LogP contribution in [0.15, 0.2) is 194 Å². The summed E-state index contributed by atoms with van der Waals surface area (Å²) in [6.07, 6.45) is 74.3. The molecular weight excluding hydrogens is 1040 g/mol. The van der Waals surface area contributed by atoms with Crippen molar-refractivity contribution in [3.8, 4) is 0 Å². The largest absolute Gasteiger partial charge is 0.479 e. The van der Waals surface area contributed by atoms with Gasteiger partial charge in [-0.3, -0.25) is 14.4 Å². The predicted molar refractivity (Wildman–Crippen MR) is 339 cm³/mol. The normalized spacial score (nSPS) is 19.0. The number of carboxylic acids is 1. The number of rotatable bonds is 48. The van der Waals surface area contributed by atoms with E-state index in [0.29, 0.717) is 25.7 Å². The number of hydrogen-bond donors (Lipinski definition) is 3. The van der Waals surface area contributed by atoms with Crippen LogP contribution < -0.4 is 0 Å². The molecule has 0 saturated carbocycles. The molecule has 458 valence electrons. The average Bonchev–Trinajstić information content (AvgIpc) is 3.57. The standard InChI is InChI=1S/C71H102O12/c1-4-7-10-13-16-19-22-25-28-30-32-34-37-39-42-45-48-51-54-57-63(72)79-60-62(81-64(73)58-55-52-49-46-43-40-36-27-24-21-18-15-12-9-6-3)61-80-71-69(67(76)66(75)68(83-71)70(77)78)82-65(74)59-56-53-50-47-44-41-38-35-33-31-29-26-23-20-17-14-11-8-5-2/h7-12,16-21,25-29,32-36,39,41-44,46,48,51-52,55,62,66-69,71,75-76H,4-6,13-15,22-24,30-31,37-38,40,45,47,49-50,53-54,56-61H2,1-3H3,(H,77,78)/b10-7-,11-8-,12-9-,19-16-,20-17-,21-18-,28-25-,29-26-,34-32-,35-33-,36-27-,42-39-,44-41-,46-43-,51-48-,55-52-. The van der Waals surface area contributed by atoms with E-state index < -0.39 is 73.9 Å². The quantitative estimate of drug-likeness (QED) is 0.0228. The van der Waals surface area contributed by atoms with Crippen LogP contribution in [-0.2, 0) is 42.9 Å². The van der Waals surface area contributed by atoms with E-state index in [4.69, 9.17) is 23.7 Å². The van der Waals surface area contributed by atoms with E-state index in [-0.39, 0.29) is 19.3 Å². The highest BCUT2D eigenvalue weighted by atomic mass is 16.7. The number of unbranched alkanes of at least 4 members (excludes halogenated alkanes) is 3. The second kappa shape index (κ2) is 56.1. The zero-order valence-electron chi connectivity index (χ0n) is 50.3. The van der Waals surface area contributed by atoms with E-state index >= 15 is 0 Å². The maximum absolute atomic E-state index is 13.1. The van der Waals surface area contributed by atoms with E-state index in [9.17, 15) is 34.5 Å². The Hall–Kier alpha value is -6.44. The van der Waals surface area contributed by atoms with Crippen molar-refractivity contribution in [2.45, 2.75) is 212 Å². The molecule has 83 heavy (non-hydrogen) atoms. The summed E-state index contributed by atoms with van der Waals surface area (Å²) in [5.74, 6) is -3.49. The third-order valence-corrected chi connectivity index (χ3v) is 12.2. The maximum Gasteiger partial charge on any atom is 0.335 e. The minimum absolute atomic E-state index is 0.00930. The summed E-state index contributed by atoms with van der Waals surface area (Å²) in [5, 5.41) is 31.5. The van der Waals surface area contributed by atoms with Crippen LogP contribution in [0.5, 0.6) is 0 Å². The number of aliphatic hydroxyl groups excluding tert-OH is 2. The molecule has 0 bridgehead atoms. The molecule has 12 heteroatoms. The van der Waals surface area contributed by atoms with Crippen molar-refractivity contribution in [1.29, 1.82) is 0 Å². The number of aliphatic carboxylic acids is 1. The number of allylic oxidation sites excluding steroid dienone is 31. The van der Waals surface area contributed by atoms with Gasteiger partial charge in [0, 0.05) is 12.8 Å². The van der Waals surface area contributed by atoms with Gasteiger partial charge in [0.05, 0.1) is 13.0 Å². The van der Waals surface area contributed by atoms with Crippen LogP contribution in [0.25, 0.3) is 0 Å². The molecule has 1 aliphatic rings.